The number of aromatic nitrogens is 3. The van der Waals surface area contributed by atoms with Crippen molar-refractivity contribution in [3.05, 3.63) is 5.28 Å². The highest BCUT2D eigenvalue weighted by molar-refractivity contribution is 6.28. The van der Waals surface area contributed by atoms with Crippen LogP contribution < -0.4 is 9.64 Å². The highest BCUT2D eigenvalue weighted by Crippen LogP contribution is 2.17. The van der Waals surface area contributed by atoms with Gasteiger partial charge in [-0.25, -0.2) is 0 Å². The van der Waals surface area contributed by atoms with Crippen molar-refractivity contribution in [1.82, 2.24) is 15.0 Å². The molecule has 7 heteroatoms. The Morgan fingerprint density at radius 1 is 1.38 bits per heavy atom. The third kappa shape index (κ3) is 2.38. The molecule has 1 aliphatic heterocycles. The van der Waals surface area contributed by atoms with Gasteiger partial charge in [-0.15, -0.1) is 0 Å². The standard InChI is InChI=1S/C9H11ClN4O2/c1-16-9-12-7(10)11-8(13-9)14-4-2-3-6(15)5-14/h2-5H2,1H3. The average molecular weight is 243 g/mol. The predicted octanol–water partition coefficient (Wildman–Crippen LogP) is 0.703. The summed E-state index contributed by atoms with van der Waals surface area (Å²) in [6.45, 7) is 1.07. The van der Waals surface area contributed by atoms with E-state index in [9.17, 15) is 4.79 Å². The Morgan fingerprint density at radius 2 is 2.19 bits per heavy atom. The van der Waals surface area contributed by atoms with Gasteiger partial charge in [0.05, 0.1) is 13.7 Å². The summed E-state index contributed by atoms with van der Waals surface area (Å²) in [5.74, 6) is 0.576. The van der Waals surface area contributed by atoms with Gasteiger partial charge in [-0.1, -0.05) is 0 Å². The van der Waals surface area contributed by atoms with Crippen molar-refractivity contribution in [2.45, 2.75) is 12.8 Å². The van der Waals surface area contributed by atoms with Crippen LogP contribution in [0.2, 0.25) is 5.28 Å². The molecule has 16 heavy (non-hydrogen) atoms. The molecule has 1 aliphatic rings. The van der Waals surface area contributed by atoms with Gasteiger partial charge in [-0.2, -0.15) is 15.0 Å². The summed E-state index contributed by atoms with van der Waals surface area (Å²) in [5, 5.41) is 0.0693. The van der Waals surface area contributed by atoms with E-state index in [1.54, 1.807) is 4.90 Å². The minimum absolute atomic E-state index is 0.0693. The number of carbonyl (C=O) groups excluding carboxylic acids is 1. The zero-order valence-electron chi connectivity index (χ0n) is 8.81. The third-order valence-corrected chi connectivity index (χ3v) is 2.46. The van der Waals surface area contributed by atoms with Crippen molar-refractivity contribution in [3.8, 4) is 6.01 Å². The van der Waals surface area contributed by atoms with E-state index in [1.165, 1.54) is 7.11 Å². The molecule has 0 aliphatic carbocycles. The predicted molar refractivity (Wildman–Crippen MR) is 57.8 cm³/mol. The summed E-state index contributed by atoms with van der Waals surface area (Å²) in [4.78, 5) is 24.9. The van der Waals surface area contributed by atoms with Gasteiger partial charge in [0.1, 0.15) is 0 Å². The zero-order chi connectivity index (χ0) is 11.5. The van der Waals surface area contributed by atoms with Gasteiger partial charge in [0.15, 0.2) is 5.78 Å². The summed E-state index contributed by atoms with van der Waals surface area (Å²) in [6, 6.07) is 0.160. The fraction of sp³-hybridized carbons (Fsp3) is 0.556. The van der Waals surface area contributed by atoms with Crippen LogP contribution in [-0.4, -0.2) is 40.9 Å². The van der Waals surface area contributed by atoms with Gasteiger partial charge in [-0.05, 0) is 18.0 Å². The summed E-state index contributed by atoms with van der Waals surface area (Å²) in [7, 11) is 1.46. The number of methoxy groups -OCH3 is 1. The second kappa shape index (κ2) is 4.61. The van der Waals surface area contributed by atoms with Gasteiger partial charge in [0, 0.05) is 13.0 Å². The maximum atomic E-state index is 11.3. The number of halogens is 1. The number of hydrogen-bond acceptors (Lipinski definition) is 6. The number of ketones is 1. The summed E-state index contributed by atoms with van der Waals surface area (Å²) in [6.07, 6.45) is 1.43. The molecule has 0 radical (unpaired) electrons. The van der Waals surface area contributed by atoms with E-state index in [-0.39, 0.29) is 17.1 Å². The molecule has 1 aromatic rings. The topological polar surface area (TPSA) is 68.2 Å². The molecule has 0 bridgehead atoms. The lowest BCUT2D eigenvalue weighted by molar-refractivity contribution is -0.118. The van der Waals surface area contributed by atoms with Crippen molar-refractivity contribution in [2.75, 3.05) is 25.1 Å². The Morgan fingerprint density at radius 3 is 2.88 bits per heavy atom. The molecule has 1 fully saturated rings. The van der Waals surface area contributed by atoms with E-state index in [0.29, 0.717) is 18.9 Å². The Kier molecular flexibility index (Phi) is 3.19. The summed E-state index contributed by atoms with van der Waals surface area (Å²) < 4.78 is 4.90. The number of nitrogens with zero attached hydrogens (tertiary/aromatic N) is 4. The second-order valence-electron chi connectivity index (χ2n) is 3.45. The maximum Gasteiger partial charge on any atom is 0.322 e. The first kappa shape index (κ1) is 11.1. The number of carbonyl (C=O) groups is 1. The van der Waals surface area contributed by atoms with Gasteiger partial charge in [0.25, 0.3) is 0 Å². The average Bonchev–Trinajstić information content (AvgIpc) is 2.28. The van der Waals surface area contributed by atoms with Crippen LogP contribution in [0.1, 0.15) is 12.8 Å². The fourth-order valence-electron chi connectivity index (χ4n) is 1.56. The molecule has 0 N–H and O–H groups in total. The minimum atomic E-state index is 0.0693. The molecule has 1 aromatic heterocycles. The van der Waals surface area contributed by atoms with E-state index < -0.39 is 0 Å². The van der Waals surface area contributed by atoms with Crippen molar-refractivity contribution in [2.24, 2.45) is 0 Å². The van der Waals surface area contributed by atoms with Crippen LogP contribution >= 0.6 is 11.6 Å². The van der Waals surface area contributed by atoms with E-state index in [4.69, 9.17) is 16.3 Å². The smallest absolute Gasteiger partial charge is 0.322 e. The molecule has 0 spiro atoms. The number of rotatable bonds is 2. The Hall–Kier alpha value is -1.43. The molecule has 2 rings (SSSR count). The zero-order valence-corrected chi connectivity index (χ0v) is 9.57. The highest BCUT2D eigenvalue weighted by atomic mass is 35.5. The molecule has 0 unspecified atom stereocenters. The lowest BCUT2D eigenvalue weighted by Gasteiger charge is -2.25. The molecule has 86 valence electrons. The quantitative estimate of drug-likeness (QED) is 0.761. The highest BCUT2D eigenvalue weighted by Gasteiger charge is 2.20. The molecular formula is C9H11ClN4O2. The number of hydrogen-bond donors (Lipinski definition) is 0. The van der Waals surface area contributed by atoms with E-state index in [0.717, 1.165) is 13.0 Å². The van der Waals surface area contributed by atoms with E-state index >= 15 is 0 Å². The largest absolute Gasteiger partial charge is 0.467 e. The van der Waals surface area contributed by atoms with Crippen LogP contribution in [-0.2, 0) is 4.79 Å². The molecule has 2 heterocycles. The first-order chi connectivity index (χ1) is 7.69. The molecule has 1 saturated heterocycles. The number of piperidine rings is 1. The van der Waals surface area contributed by atoms with Gasteiger partial charge in [0.2, 0.25) is 11.2 Å². The molecule has 0 saturated carbocycles. The molecule has 0 atom stereocenters. The van der Waals surface area contributed by atoms with Crippen LogP contribution in [0.5, 0.6) is 6.01 Å². The van der Waals surface area contributed by atoms with E-state index in [2.05, 4.69) is 15.0 Å². The van der Waals surface area contributed by atoms with Crippen LogP contribution in [0, 0.1) is 0 Å². The van der Waals surface area contributed by atoms with Gasteiger partial charge in [-0.3, -0.25) is 4.79 Å². The second-order valence-corrected chi connectivity index (χ2v) is 3.79. The number of anilines is 1. The monoisotopic (exact) mass is 242 g/mol. The Bertz CT molecular complexity index is 412. The van der Waals surface area contributed by atoms with Crippen LogP contribution in [0.4, 0.5) is 5.95 Å². The Labute approximate surface area is 97.6 Å². The van der Waals surface area contributed by atoms with Crippen LogP contribution in [0.25, 0.3) is 0 Å². The lowest BCUT2D eigenvalue weighted by atomic mass is 10.1. The first-order valence-electron chi connectivity index (χ1n) is 4.91. The maximum absolute atomic E-state index is 11.3. The molecule has 6 nitrogen and oxygen atoms in total. The lowest BCUT2D eigenvalue weighted by Crippen LogP contribution is -2.36. The normalized spacial score (nSPS) is 16.4. The molecular weight excluding hydrogens is 232 g/mol. The van der Waals surface area contributed by atoms with Crippen molar-refractivity contribution in [3.63, 3.8) is 0 Å². The fourth-order valence-corrected chi connectivity index (χ4v) is 1.71. The van der Waals surface area contributed by atoms with Crippen LogP contribution in [0.15, 0.2) is 0 Å². The summed E-state index contributed by atoms with van der Waals surface area (Å²) in [5.41, 5.74) is 0. The van der Waals surface area contributed by atoms with Crippen LogP contribution in [0.3, 0.4) is 0 Å². The number of ether oxygens (including phenoxy) is 1. The third-order valence-electron chi connectivity index (χ3n) is 2.29. The summed E-state index contributed by atoms with van der Waals surface area (Å²) >= 11 is 5.73. The molecule has 0 amide bonds. The SMILES string of the molecule is COc1nc(Cl)nc(N2CCCC(=O)C2)n1. The van der Waals surface area contributed by atoms with Crippen molar-refractivity contribution in [1.29, 1.82) is 0 Å². The molecule has 0 aromatic carbocycles. The van der Waals surface area contributed by atoms with Gasteiger partial charge >= 0.3 is 6.01 Å². The number of Topliss-reactive ketones (excluding diaryl/α,β-unsaturated/α-hetero) is 1. The van der Waals surface area contributed by atoms with Crippen molar-refractivity contribution >= 4 is 23.3 Å². The van der Waals surface area contributed by atoms with E-state index in [1.807, 2.05) is 0 Å². The first-order valence-corrected chi connectivity index (χ1v) is 5.29. The van der Waals surface area contributed by atoms with Crippen molar-refractivity contribution < 1.29 is 9.53 Å². The van der Waals surface area contributed by atoms with Gasteiger partial charge < -0.3 is 9.64 Å². The Balaban J connectivity index is 2.24. The minimum Gasteiger partial charge on any atom is -0.467 e.